The molecule has 9 nitrogen and oxygen atoms in total. The van der Waals surface area contributed by atoms with E-state index in [1.54, 1.807) is 23.1 Å². The van der Waals surface area contributed by atoms with Gasteiger partial charge in [-0.3, -0.25) is 9.59 Å². The van der Waals surface area contributed by atoms with Crippen molar-refractivity contribution in [3.05, 3.63) is 45.8 Å². The van der Waals surface area contributed by atoms with Crippen molar-refractivity contribution in [2.24, 2.45) is 0 Å². The van der Waals surface area contributed by atoms with E-state index in [-0.39, 0.29) is 18.3 Å². The minimum atomic E-state index is -0.411. The van der Waals surface area contributed by atoms with Crippen LogP contribution in [0.3, 0.4) is 0 Å². The van der Waals surface area contributed by atoms with Crippen molar-refractivity contribution in [1.29, 1.82) is 0 Å². The number of halogens is 1. The van der Waals surface area contributed by atoms with Crippen LogP contribution in [0, 0.1) is 0 Å². The van der Waals surface area contributed by atoms with Crippen LogP contribution < -0.4 is 25.8 Å². The Bertz CT molecular complexity index is 1080. The van der Waals surface area contributed by atoms with Crippen molar-refractivity contribution in [2.75, 3.05) is 38.0 Å². The van der Waals surface area contributed by atoms with Crippen molar-refractivity contribution < 1.29 is 9.53 Å². The van der Waals surface area contributed by atoms with E-state index < -0.39 is 5.56 Å². The zero-order valence-electron chi connectivity index (χ0n) is 15.5. The van der Waals surface area contributed by atoms with Gasteiger partial charge in [-0.25, -0.2) is 4.98 Å². The highest BCUT2D eigenvalue weighted by Crippen LogP contribution is 2.26. The normalized spacial score (nSPS) is 10.6. The molecule has 3 N–H and O–H groups in total. The van der Waals surface area contributed by atoms with Gasteiger partial charge in [0.25, 0.3) is 11.5 Å². The number of rotatable bonds is 6. The molecule has 0 aliphatic carbocycles. The fourth-order valence-electron chi connectivity index (χ4n) is 2.38. The number of anilines is 3. The Morgan fingerprint density at radius 2 is 2.11 bits per heavy atom. The number of carbonyl (C=O) groups excluding carboxylic acids is 1. The molecule has 3 aromatic rings. The average Bonchev–Trinajstić information content (AvgIpc) is 2.67. The van der Waals surface area contributed by atoms with Crippen molar-refractivity contribution >= 4 is 45.9 Å². The summed E-state index contributed by atoms with van der Waals surface area (Å²) in [6.07, 6.45) is 1.52. The van der Waals surface area contributed by atoms with Crippen LogP contribution in [0.2, 0.25) is 5.02 Å². The van der Waals surface area contributed by atoms with Crippen molar-refractivity contribution in [3.8, 4) is 5.75 Å². The topological polar surface area (TPSA) is 112 Å². The summed E-state index contributed by atoms with van der Waals surface area (Å²) in [6.45, 7) is -0.243. The van der Waals surface area contributed by atoms with Crippen LogP contribution in [0.1, 0.15) is 0 Å². The fraction of sp³-hybridized carbons (Fsp3) is 0.222. The monoisotopic (exact) mass is 402 g/mol. The van der Waals surface area contributed by atoms with Gasteiger partial charge >= 0.3 is 0 Å². The predicted octanol–water partition coefficient (Wildman–Crippen LogP) is 1.91. The quantitative estimate of drug-likeness (QED) is 0.577. The summed E-state index contributed by atoms with van der Waals surface area (Å²) in [6, 6.07) is 6.93. The van der Waals surface area contributed by atoms with E-state index in [2.05, 4.69) is 25.6 Å². The molecule has 1 amide bonds. The first kappa shape index (κ1) is 19.4. The molecular formula is C18H19ClN6O3. The van der Waals surface area contributed by atoms with Crippen LogP contribution in [0.25, 0.3) is 10.9 Å². The number of likely N-dealkylation sites (N-methyl/N-ethyl adjacent to an activating group) is 1. The second-order valence-corrected chi connectivity index (χ2v) is 6.52. The Morgan fingerprint density at radius 3 is 2.82 bits per heavy atom. The molecule has 0 aliphatic heterocycles. The SMILES string of the molecule is CNC(=O)COc1cc2cc(Nc3nc(N(C)C)ncc3Cl)ccc2[nH]c1=O. The van der Waals surface area contributed by atoms with Gasteiger partial charge in [0, 0.05) is 37.7 Å². The minimum absolute atomic E-state index is 0.0585. The summed E-state index contributed by atoms with van der Waals surface area (Å²) in [4.78, 5) is 36.5. The molecule has 2 heterocycles. The molecule has 0 unspecified atom stereocenters. The number of nitrogens with one attached hydrogen (secondary N) is 3. The summed E-state index contributed by atoms with van der Waals surface area (Å²) < 4.78 is 5.29. The lowest BCUT2D eigenvalue weighted by Gasteiger charge is -2.13. The molecule has 10 heteroatoms. The van der Waals surface area contributed by atoms with E-state index in [1.165, 1.54) is 13.2 Å². The van der Waals surface area contributed by atoms with Gasteiger partial charge in [-0.15, -0.1) is 0 Å². The number of aromatic nitrogens is 3. The van der Waals surface area contributed by atoms with Gasteiger partial charge in [0.1, 0.15) is 5.02 Å². The van der Waals surface area contributed by atoms with Crippen LogP contribution in [0.4, 0.5) is 17.5 Å². The van der Waals surface area contributed by atoms with E-state index >= 15 is 0 Å². The van der Waals surface area contributed by atoms with Gasteiger partial charge in [0.05, 0.1) is 6.20 Å². The lowest BCUT2D eigenvalue weighted by molar-refractivity contribution is -0.122. The molecule has 0 radical (unpaired) electrons. The Morgan fingerprint density at radius 1 is 1.32 bits per heavy atom. The van der Waals surface area contributed by atoms with Crippen molar-refractivity contribution in [3.63, 3.8) is 0 Å². The van der Waals surface area contributed by atoms with Crippen LogP contribution >= 0.6 is 11.6 Å². The highest BCUT2D eigenvalue weighted by Gasteiger charge is 2.10. The molecule has 28 heavy (non-hydrogen) atoms. The maximum absolute atomic E-state index is 12.1. The number of pyridine rings is 1. The molecule has 0 spiro atoms. The van der Waals surface area contributed by atoms with Crippen LogP contribution in [0.15, 0.2) is 35.3 Å². The molecule has 0 fully saturated rings. The lowest BCUT2D eigenvalue weighted by Crippen LogP contribution is -2.26. The molecule has 0 atom stereocenters. The molecule has 146 valence electrons. The third-order valence-electron chi connectivity index (χ3n) is 3.84. The molecule has 2 aromatic heterocycles. The Balaban J connectivity index is 1.91. The van der Waals surface area contributed by atoms with E-state index in [0.717, 1.165) is 5.39 Å². The molecule has 1 aromatic carbocycles. The van der Waals surface area contributed by atoms with Crippen LogP contribution in [-0.2, 0) is 4.79 Å². The van der Waals surface area contributed by atoms with E-state index in [1.807, 2.05) is 20.2 Å². The molecule has 0 saturated heterocycles. The maximum atomic E-state index is 12.1. The summed E-state index contributed by atoms with van der Waals surface area (Å²) in [7, 11) is 5.16. The first-order valence-corrected chi connectivity index (χ1v) is 8.72. The van der Waals surface area contributed by atoms with Crippen molar-refractivity contribution in [2.45, 2.75) is 0 Å². The summed E-state index contributed by atoms with van der Waals surface area (Å²) >= 11 is 6.19. The zero-order valence-corrected chi connectivity index (χ0v) is 16.3. The van der Waals surface area contributed by atoms with E-state index in [4.69, 9.17) is 16.3 Å². The minimum Gasteiger partial charge on any atom is -0.478 e. The van der Waals surface area contributed by atoms with E-state index in [9.17, 15) is 9.59 Å². The molecule has 3 rings (SSSR count). The number of hydrogen-bond donors (Lipinski definition) is 3. The molecule has 0 bridgehead atoms. The maximum Gasteiger partial charge on any atom is 0.290 e. The van der Waals surface area contributed by atoms with Crippen molar-refractivity contribution in [1.82, 2.24) is 20.3 Å². The molecule has 0 aliphatic rings. The second-order valence-electron chi connectivity index (χ2n) is 6.11. The average molecular weight is 403 g/mol. The number of aromatic amines is 1. The number of H-pyrrole nitrogens is 1. The number of nitrogens with zero attached hydrogens (tertiary/aromatic N) is 3. The predicted molar refractivity (Wildman–Crippen MR) is 109 cm³/mol. The third-order valence-corrected chi connectivity index (χ3v) is 4.12. The highest BCUT2D eigenvalue weighted by atomic mass is 35.5. The first-order valence-electron chi connectivity index (χ1n) is 8.34. The summed E-state index contributed by atoms with van der Waals surface area (Å²) in [5, 5.41) is 6.67. The summed E-state index contributed by atoms with van der Waals surface area (Å²) in [5.41, 5.74) is 0.930. The second kappa shape index (κ2) is 8.13. The summed E-state index contributed by atoms with van der Waals surface area (Å²) in [5.74, 6) is 0.704. The lowest BCUT2D eigenvalue weighted by atomic mass is 10.2. The zero-order chi connectivity index (χ0) is 20.3. The molecule has 0 saturated carbocycles. The van der Waals surface area contributed by atoms with Gasteiger partial charge in [-0.2, -0.15) is 4.98 Å². The smallest absolute Gasteiger partial charge is 0.290 e. The van der Waals surface area contributed by atoms with Crippen LogP contribution in [-0.4, -0.2) is 48.6 Å². The third kappa shape index (κ3) is 4.32. The number of hydrogen-bond acceptors (Lipinski definition) is 7. The largest absolute Gasteiger partial charge is 0.478 e. The molecular weight excluding hydrogens is 384 g/mol. The fourth-order valence-corrected chi connectivity index (χ4v) is 2.52. The Labute approximate surface area is 165 Å². The van der Waals surface area contributed by atoms with E-state index in [0.29, 0.717) is 28.0 Å². The standard InChI is InChI=1S/C18H19ClN6O3/c1-20-15(26)9-28-14-7-10-6-11(4-5-13(10)23-17(14)27)22-16-12(19)8-21-18(24-16)25(2)3/h4-8H,9H2,1-3H3,(H,20,26)(H,23,27)(H,21,22,24). The first-order chi connectivity index (χ1) is 13.4. The van der Waals surface area contributed by atoms with Gasteiger partial charge in [0.2, 0.25) is 5.95 Å². The van der Waals surface area contributed by atoms with Gasteiger partial charge in [-0.05, 0) is 24.3 Å². The van der Waals surface area contributed by atoms with Gasteiger partial charge < -0.3 is 25.3 Å². The highest BCUT2D eigenvalue weighted by molar-refractivity contribution is 6.32. The van der Waals surface area contributed by atoms with Gasteiger partial charge in [0.15, 0.2) is 18.2 Å². The Hall–Kier alpha value is -3.33. The number of benzene rings is 1. The number of fused-ring (bicyclic) bond motifs is 1. The van der Waals surface area contributed by atoms with Gasteiger partial charge in [-0.1, -0.05) is 11.6 Å². The Kier molecular flexibility index (Phi) is 5.65. The number of ether oxygens (including phenoxy) is 1. The number of carbonyl (C=O) groups is 1. The van der Waals surface area contributed by atoms with Crippen LogP contribution in [0.5, 0.6) is 5.75 Å². The number of amides is 1.